The lowest BCUT2D eigenvalue weighted by atomic mass is 10.1. The smallest absolute Gasteiger partial charge is 0.339 e. The van der Waals surface area contributed by atoms with E-state index in [9.17, 15) is 18.0 Å². The number of nitrogens with two attached hydrogens (primary N) is 1. The molecule has 0 saturated heterocycles. The molecule has 0 aliphatic heterocycles. The van der Waals surface area contributed by atoms with Gasteiger partial charge in [0.15, 0.2) is 6.10 Å². The Kier molecular flexibility index (Phi) is 5.62. The van der Waals surface area contributed by atoms with E-state index in [1.807, 2.05) is 6.07 Å². The van der Waals surface area contributed by atoms with Gasteiger partial charge in [0.2, 0.25) is 10.0 Å². The van der Waals surface area contributed by atoms with E-state index in [2.05, 4.69) is 10.3 Å². The number of aryl methyl sites for hydroxylation is 1. The highest BCUT2D eigenvalue weighted by Gasteiger charge is 2.21. The zero-order chi connectivity index (χ0) is 21.2. The van der Waals surface area contributed by atoms with Gasteiger partial charge >= 0.3 is 5.97 Å². The first-order chi connectivity index (χ1) is 13.6. The van der Waals surface area contributed by atoms with Crippen molar-refractivity contribution in [2.75, 3.05) is 5.32 Å². The molecule has 1 aromatic heterocycles. The normalized spacial score (nSPS) is 12.4. The molecule has 3 N–H and O–H groups in total. The van der Waals surface area contributed by atoms with Gasteiger partial charge in [0.25, 0.3) is 5.91 Å². The molecule has 3 rings (SSSR count). The molecule has 0 unspecified atom stereocenters. The van der Waals surface area contributed by atoms with E-state index >= 15 is 0 Å². The summed E-state index contributed by atoms with van der Waals surface area (Å²) in [5, 5.41) is 8.23. The summed E-state index contributed by atoms with van der Waals surface area (Å²) < 4.78 is 27.9. The number of sulfonamides is 1. The van der Waals surface area contributed by atoms with E-state index < -0.39 is 28.0 Å². The summed E-state index contributed by atoms with van der Waals surface area (Å²) in [5.74, 6) is -1.20. The van der Waals surface area contributed by atoms with Crippen molar-refractivity contribution in [1.29, 1.82) is 0 Å². The first-order valence-corrected chi connectivity index (χ1v) is 10.2. The van der Waals surface area contributed by atoms with Gasteiger partial charge in [-0.3, -0.25) is 9.78 Å². The number of pyridine rings is 1. The van der Waals surface area contributed by atoms with Crippen molar-refractivity contribution in [1.82, 2.24) is 4.98 Å². The molecule has 1 heterocycles. The van der Waals surface area contributed by atoms with Gasteiger partial charge in [0.05, 0.1) is 16.0 Å². The lowest BCUT2D eigenvalue weighted by Crippen LogP contribution is -2.30. The van der Waals surface area contributed by atoms with Crippen molar-refractivity contribution in [3.63, 3.8) is 0 Å². The molecule has 9 heteroatoms. The molecule has 0 aliphatic carbocycles. The number of hydrogen-bond donors (Lipinski definition) is 2. The molecular weight excluding hydrogens is 394 g/mol. The van der Waals surface area contributed by atoms with Gasteiger partial charge < -0.3 is 10.1 Å². The zero-order valence-electron chi connectivity index (χ0n) is 15.7. The second-order valence-corrected chi connectivity index (χ2v) is 8.00. The molecule has 0 radical (unpaired) electrons. The maximum Gasteiger partial charge on any atom is 0.339 e. The number of ether oxygens (including phenoxy) is 1. The van der Waals surface area contributed by atoms with Gasteiger partial charge in [0.1, 0.15) is 0 Å². The van der Waals surface area contributed by atoms with Crippen LogP contribution in [0.15, 0.2) is 59.5 Å². The predicted molar refractivity (Wildman–Crippen MR) is 108 cm³/mol. The first-order valence-electron chi connectivity index (χ1n) is 8.66. The highest BCUT2D eigenvalue weighted by atomic mass is 32.2. The third-order valence-electron chi connectivity index (χ3n) is 4.17. The second-order valence-electron chi connectivity index (χ2n) is 6.43. The number of nitrogens with one attached hydrogen (secondary N) is 1. The van der Waals surface area contributed by atoms with Crippen LogP contribution in [0.5, 0.6) is 0 Å². The number of benzene rings is 2. The van der Waals surface area contributed by atoms with E-state index in [0.29, 0.717) is 27.8 Å². The van der Waals surface area contributed by atoms with E-state index in [4.69, 9.17) is 9.88 Å². The molecule has 0 bridgehead atoms. The SMILES string of the molecule is Cc1cc(C(=O)O[C@@H](C)C(=O)Nc2ccc(S(N)(=O)=O)cc2)c2ccccc2n1. The van der Waals surface area contributed by atoms with Crippen molar-refractivity contribution in [3.8, 4) is 0 Å². The summed E-state index contributed by atoms with van der Waals surface area (Å²) in [6.07, 6.45) is -1.08. The van der Waals surface area contributed by atoms with Gasteiger partial charge in [-0.05, 0) is 50.2 Å². The maximum absolute atomic E-state index is 12.6. The number of fused-ring (bicyclic) bond motifs is 1. The Morgan fingerprint density at radius 2 is 1.76 bits per heavy atom. The van der Waals surface area contributed by atoms with Crippen molar-refractivity contribution < 1.29 is 22.7 Å². The number of anilines is 1. The minimum Gasteiger partial charge on any atom is -0.449 e. The van der Waals surface area contributed by atoms with Crippen LogP contribution in [0.4, 0.5) is 5.69 Å². The number of primary sulfonamides is 1. The monoisotopic (exact) mass is 413 g/mol. The fraction of sp³-hybridized carbons (Fsp3) is 0.150. The highest BCUT2D eigenvalue weighted by Crippen LogP contribution is 2.20. The van der Waals surface area contributed by atoms with Crippen LogP contribution in [-0.4, -0.2) is 31.4 Å². The van der Waals surface area contributed by atoms with Crippen molar-refractivity contribution in [2.24, 2.45) is 5.14 Å². The number of nitrogens with zero attached hydrogens (tertiary/aromatic N) is 1. The van der Waals surface area contributed by atoms with Crippen LogP contribution in [0, 0.1) is 6.92 Å². The van der Waals surface area contributed by atoms with Gasteiger partial charge in [-0.15, -0.1) is 0 Å². The molecular formula is C20H19N3O5S. The Morgan fingerprint density at radius 1 is 1.10 bits per heavy atom. The fourth-order valence-corrected chi connectivity index (χ4v) is 3.24. The number of carbonyl (C=O) groups is 2. The van der Waals surface area contributed by atoms with Crippen LogP contribution in [0.1, 0.15) is 23.0 Å². The molecule has 150 valence electrons. The number of rotatable bonds is 5. The van der Waals surface area contributed by atoms with Gasteiger partial charge in [-0.1, -0.05) is 18.2 Å². The summed E-state index contributed by atoms with van der Waals surface area (Å²) in [7, 11) is -3.82. The number of amides is 1. The standard InChI is InChI=1S/C20H19N3O5S/c1-12-11-17(16-5-3-4-6-18(16)22-12)20(25)28-13(2)19(24)23-14-7-9-15(10-8-14)29(21,26)27/h3-11,13H,1-2H3,(H,23,24)(H2,21,26,27)/t13-/m0/s1. The fourth-order valence-electron chi connectivity index (χ4n) is 2.73. The average Bonchev–Trinajstić information content (AvgIpc) is 2.66. The average molecular weight is 413 g/mol. The molecule has 29 heavy (non-hydrogen) atoms. The number of esters is 1. The zero-order valence-corrected chi connectivity index (χ0v) is 16.6. The maximum atomic E-state index is 12.6. The largest absolute Gasteiger partial charge is 0.449 e. The third kappa shape index (κ3) is 4.76. The molecule has 2 aromatic carbocycles. The molecule has 1 amide bonds. The first kappa shape index (κ1) is 20.4. The number of para-hydroxylation sites is 1. The van der Waals surface area contributed by atoms with E-state index in [1.165, 1.54) is 31.2 Å². The molecule has 8 nitrogen and oxygen atoms in total. The van der Waals surface area contributed by atoms with Crippen molar-refractivity contribution in [3.05, 3.63) is 65.9 Å². The number of hydrogen-bond acceptors (Lipinski definition) is 6. The number of aromatic nitrogens is 1. The van der Waals surface area contributed by atoms with Gasteiger partial charge in [0, 0.05) is 16.8 Å². The van der Waals surface area contributed by atoms with Crippen LogP contribution in [-0.2, 0) is 19.6 Å². The Labute approximate surface area is 167 Å². The van der Waals surface area contributed by atoms with Crippen molar-refractivity contribution in [2.45, 2.75) is 24.8 Å². The lowest BCUT2D eigenvalue weighted by molar-refractivity contribution is -0.123. The quantitative estimate of drug-likeness (QED) is 0.618. The Morgan fingerprint density at radius 3 is 2.41 bits per heavy atom. The third-order valence-corrected chi connectivity index (χ3v) is 5.10. The number of carbonyl (C=O) groups excluding carboxylic acids is 2. The van der Waals surface area contributed by atoms with E-state index in [1.54, 1.807) is 31.2 Å². The molecule has 0 spiro atoms. The molecule has 0 aliphatic rings. The molecule has 3 aromatic rings. The summed E-state index contributed by atoms with van der Waals surface area (Å²) in [4.78, 5) is 29.3. The predicted octanol–water partition coefficient (Wildman–Crippen LogP) is 2.37. The Hall–Kier alpha value is -3.30. The molecule has 1 atom stereocenters. The van der Waals surface area contributed by atoms with Crippen LogP contribution in [0.25, 0.3) is 10.9 Å². The topological polar surface area (TPSA) is 128 Å². The van der Waals surface area contributed by atoms with Gasteiger partial charge in [-0.2, -0.15) is 0 Å². The van der Waals surface area contributed by atoms with Crippen LogP contribution >= 0.6 is 0 Å². The minimum absolute atomic E-state index is 0.0742. The second kappa shape index (κ2) is 7.98. The summed E-state index contributed by atoms with van der Waals surface area (Å²) in [6.45, 7) is 3.22. The van der Waals surface area contributed by atoms with Crippen LogP contribution in [0.3, 0.4) is 0 Å². The Balaban J connectivity index is 1.72. The summed E-state index contributed by atoms with van der Waals surface area (Å²) in [6, 6.07) is 14.1. The van der Waals surface area contributed by atoms with Gasteiger partial charge in [-0.25, -0.2) is 18.4 Å². The lowest BCUT2D eigenvalue weighted by Gasteiger charge is -2.15. The molecule has 0 fully saturated rings. The van der Waals surface area contributed by atoms with Crippen molar-refractivity contribution >= 4 is 38.5 Å². The highest BCUT2D eigenvalue weighted by molar-refractivity contribution is 7.89. The summed E-state index contributed by atoms with van der Waals surface area (Å²) in [5.41, 5.74) is 1.98. The molecule has 0 saturated carbocycles. The van der Waals surface area contributed by atoms with Crippen LogP contribution < -0.4 is 10.5 Å². The van der Waals surface area contributed by atoms with E-state index in [-0.39, 0.29) is 4.90 Å². The van der Waals surface area contributed by atoms with Crippen LogP contribution in [0.2, 0.25) is 0 Å². The minimum atomic E-state index is -3.82. The van der Waals surface area contributed by atoms with E-state index in [0.717, 1.165) is 0 Å². The summed E-state index contributed by atoms with van der Waals surface area (Å²) >= 11 is 0. The Bertz CT molecular complexity index is 1190.